The SMILES string of the molecule is c1ccc2c(c1)Cc1cc3c4c5c(ccc4c4cc6ccccc6n4c3cc1-2)Cc1ccccc1-5. The van der Waals surface area contributed by atoms with E-state index in [1.807, 2.05) is 0 Å². The van der Waals surface area contributed by atoms with Crippen molar-refractivity contribution in [1.82, 2.24) is 4.40 Å². The fourth-order valence-electron chi connectivity index (χ4n) is 6.89. The molecule has 162 valence electrons. The van der Waals surface area contributed by atoms with Crippen LogP contribution in [0.1, 0.15) is 22.3 Å². The van der Waals surface area contributed by atoms with Gasteiger partial charge in [-0.1, -0.05) is 78.9 Å². The molecule has 5 aromatic carbocycles. The molecule has 0 amide bonds. The quantitative estimate of drug-likeness (QED) is 0.207. The van der Waals surface area contributed by atoms with Crippen molar-refractivity contribution in [3.63, 3.8) is 0 Å². The van der Waals surface area contributed by atoms with Crippen LogP contribution in [0.5, 0.6) is 0 Å². The number of para-hydroxylation sites is 1. The van der Waals surface area contributed by atoms with E-state index in [9.17, 15) is 0 Å². The summed E-state index contributed by atoms with van der Waals surface area (Å²) in [6.45, 7) is 0. The second kappa shape index (κ2) is 6.20. The molecule has 1 heteroatoms. The molecule has 0 saturated heterocycles. The highest BCUT2D eigenvalue weighted by Crippen LogP contribution is 2.48. The minimum absolute atomic E-state index is 1.01. The highest BCUT2D eigenvalue weighted by Gasteiger charge is 2.26. The summed E-state index contributed by atoms with van der Waals surface area (Å²) in [6, 6.07) is 38.8. The summed E-state index contributed by atoms with van der Waals surface area (Å²) in [6.07, 6.45) is 2.03. The standard InChI is InChI=1S/C34H21N/c1-4-10-25-20(7-1)16-24-17-29-32(19-28(24)25)35-30-12-6-3-9-22(30)18-31(35)27-14-13-23-15-21-8-2-5-11-26(21)33(23)34(27)29/h1-14,17-19H,15-16H2. The molecule has 0 unspecified atom stereocenters. The van der Waals surface area contributed by atoms with Crippen LogP contribution in [0.3, 0.4) is 0 Å². The zero-order valence-corrected chi connectivity index (χ0v) is 19.2. The monoisotopic (exact) mass is 443 g/mol. The van der Waals surface area contributed by atoms with Gasteiger partial charge in [-0.3, -0.25) is 0 Å². The van der Waals surface area contributed by atoms with Crippen molar-refractivity contribution in [2.75, 3.05) is 0 Å². The number of hydrogen-bond donors (Lipinski definition) is 0. The topological polar surface area (TPSA) is 4.41 Å². The van der Waals surface area contributed by atoms with Gasteiger partial charge in [-0.25, -0.2) is 0 Å². The molecule has 2 aliphatic carbocycles. The zero-order chi connectivity index (χ0) is 22.7. The maximum atomic E-state index is 2.50. The van der Waals surface area contributed by atoms with Crippen molar-refractivity contribution in [2.24, 2.45) is 0 Å². The predicted molar refractivity (Wildman–Crippen MR) is 146 cm³/mol. The molecule has 2 aromatic heterocycles. The fourth-order valence-corrected chi connectivity index (χ4v) is 6.89. The van der Waals surface area contributed by atoms with E-state index in [4.69, 9.17) is 0 Å². The lowest BCUT2D eigenvalue weighted by Crippen LogP contribution is -1.95. The molecule has 2 aliphatic rings. The number of pyridine rings is 1. The van der Waals surface area contributed by atoms with Gasteiger partial charge in [0.15, 0.2) is 0 Å². The molecule has 7 aromatic rings. The van der Waals surface area contributed by atoms with Gasteiger partial charge in [0, 0.05) is 21.5 Å². The first kappa shape index (κ1) is 18.0. The lowest BCUT2D eigenvalue weighted by Gasteiger charge is -2.16. The normalized spacial score (nSPS) is 13.5. The van der Waals surface area contributed by atoms with Crippen LogP contribution in [-0.2, 0) is 12.8 Å². The Labute approximate surface area is 202 Å². The number of nitrogens with zero attached hydrogens (tertiary/aromatic N) is 1. The predicted octanol–water partition coefficient (Wildman–Crippen LogP) is 8.54. The van der Waals surface area contributed by atoms with Gasteiger partial charge in [-0.15, -0.1) is 0 Å². The van der Waals surface area contributed by atoms with Crippen molar-refractivity contribution in [3.05, 3.63) is 125 Å². The van der Waals surface area contributed by atoms with Crippen molar-refractivity contribution >= 4 is 38.1 Å². The molecule has 2 heterocycles. The van der Waals surface area contributed by atoms with Crippen LogP contribution >= 0.6 is 0 Å². The second-order valence-electron chi connectivity index (χ2n) is 10.1. The maximum Gasteiger partial charge on any atom is 0.0547 e. The third-order valence-electron chi connectivity index (χ3n) is 8.37. The average Bonchev–Trinajstić information content (AvgIpc) is 3.58. The van der Waals surface area contributed by atoms with Gasteiger partial charge in [-0.05, 0) is 81.6 Å². The van der Waals surface area contributed by atoms with E-state index in [1.165, 1.54) is 82.6 Å². The first-order chi connectivity index (χ1) is 17.3. The van der Waals surface area contributed by atoms with Crippen LogP contribution in [0, 0.1) is 0 Å². The van der Waals surface area contributed by atoms with Crippen molar-refractivity contribution in [3.8, 4) is 22.3 Å². The summed E-state index contributed by atoms with van der Waals surface area (Å²) in [5.41, 5.74) is 15.3. The molecule has 1 nitrogen and oxygen atoms in total. The summed E-state index contributed by atoms with van der Waals surface area (Å²) in [4.78, 5) is 0. The van der Waals surface area contributed by atoms with E-state index < -0.39 is 0 Å². The average molecular weight is 444 g/mol. The van der Waals surface area contributed by atoms with Gasteiger partial charge >= 0.3 is 0 Å². The summed E-state index contributed by atoms with van der Waals surface area (Å²) >= 11 is 0. The largest absolute Gasteiger partial charge is 0.309 e. The Morgan fingerprint density at radius 2 is 1.17 bits per heavy atom. The third kappa shape index (κ3) is 2.19. The second-order valence-corrected chi connectivity index (χ2v) is 10.1. The lowest BCUT2D eigenvalue weighted by atomic mass is 9.92. The fraction of sp³-hybridized carbons (Fsp3) is 0.0588. The van der Waals surface area contributed by atoms with Crippen molar-refractivity contribution in [2.45, 2.75) is 12.8 Å². The molecule has 0 fully saturated rings. The molecule has 0 N–H and O–H groups in total. The van der Waals surface area contributed by atoms with Gasteiger partial charge in [0.05, 0.1) is 16.6 Å². The number of benzene rings is 5. The van der Waals surface area contributed by atoms with Crippen LogP contribution in [0.15, 0.2) is 103 Å². The Balaban J connectivity index is 1.55. The Kier molecular flexibility index (Phi) is 3.19. The number of hydrogen-bond acceptors (Lipinski definition) is 0. The molecule has 0 spiro atoms. The highest BCUT2D eigenvalue weighted by molar-refractivity contribution is 6.22. The van der Waals surface area contributed by atoms with E-state index in [2.05, 4.69) is 108 Å². The molecule has 9 rings (SSSR count). The number of rotatable bonds is 0. The summed E-state index contributed by atoms with van der Waals surface area (Å²) in [5.74, 6) is 0. The minimum atomic E-state index is 1.01. The van der Waals surface area contributed by atoms with E-state index in [-0.39, 0.29) is 0 Å². The first-order valence-corrected chi connectivity index (χ1v) is 12.5. The first-order valence-electron chi connectivity index (χ1n) is 12.5. The van der Waals surface area contributed by atoms with E-state index in [0.717, 1.165) is 12.8 Å². The molecule has 0 atom stereocenters. The Hall–Kier alpha value is -4.36. The zero-order valence-electron chi connectivity index (χ0n) is 19.2. The molecule has 0 aliphatic heterocycles. The smallest absolute Gasteiger partial charge is 0.0547 e. The van der Waals surface area contributed by atoms with Crippen LogP contribution in [0.25, 0.3) is 60.3 Å². The molecular formula is C34H21N. The number of aromatic nitrogens is 1. The summed E-state index contributed by atoms with van der Waals surface area (Å²) in [7, 11) is 0. The van der Waals surface area contributed by atoms with Gasteiger partial charge in [-0.2, -0.15) is 0 Å². The van der Waals surface area contributed by atoms with Crippen LogP contribution in [0.4, 0.5) is 0 Å². The Bertz CT molecular complexity index is 2050. The highest BCUT2D eigenvalue weighted by atomic mass is 14.9. The summed E-state index contributed by atoms with van der Waals surface area (Å²) in [5, 5.41) is 5.42. The maximum absolute atomic E-state index is 2.50. The minimum Gasteiger partial charge on any atom is -0.309 e. The van der Waals surface area contributed by atoms with Gasteiger partial charge < -0.3 is 4.40 Å². The van der Waals surface area contributed by atoms with Crippen LogP contribution in [0.2, 0.25) is 0 Å². The van der Waals surface area contributed by atoms with Crippen LogP contribution < -0.4 is 0 Å². The molecule has 0 radical (unpaired) electrons. The number of fused-ring (bicyclic) bond motifs is 15. The van der Waals surface area contributed by atoms with Crippen LogP contribution in [-0.4, -0.2) is 4.40 Å². The van der Waals surface area contributed by atoms with Crippen molar-refractivity contribution in [1.29, 1.82) is 0 Å². The van der Waals surface area contributed by atoms with Gasteiger partial charge in [0.1, 0.15) is 0 Å². The van der Waals surface area contributed by atoms with E-state index >= 15 is 0 Å². The van der Waals surface area contributed by atoms with E-state index in [0.29, 0.717) is 0 Å². The van der Waals surface area contributed by atoms with Crippen molar-refractivity contribution < 1.29 is 0 Å². The molecule has 35 heavy (non-hydrogen) atoms. The third-order valence-corrected chi connectivity index (χ3v) is 8.37. The van der Waals surface area contributed by atoms with E-state index in [1.54, 1.807) is 0 Å². The van der Waals surface area contributed by atoms with Gasteiger partial charge in [0.25, 0.3) is 0 Å². The summed E-state index contributed by atoms with van der Waals surface area (Å²) < 4.78 is 2.50. The lowest BCUT2D eigenvalue weighted by molar-refractivity contribution is 1.26. The Morgan fingerprint density at radius 3 is 2.09 bits per heavy atom. The molecule has 0 bridgehead atoms. The molecule has 0 saturated carbocycles. The molecular weight excluding hydrogens is 422 g/mol. The van der Waals surface area contributed by atoms with Gasteiger partial charge in [0.2, 0.25) is 0 Å². The Morgan fingerprint density at radius 1 is 0.457 bits per heavy atom.